The summed E-state index contributed by atoms with van der Waals surface area (Å²) >= 11 is 0. The average Bonchev–Trinajstić information content (AvgIpc) is 2.61. The highest BCUT2D eigenvalue weighted by molar-refractivity contribution is 5.68. The Morgan fingerprint density at radius 1 is 1.33 bits per heavy atom. The second kappa shape index (κ2) is 3.53. The van der Waals surface area contributed by atoms with Crippen LogP contribution < -0.4 is 10.3 Å². The molecule has 0 fully saturated rings. The first-order valence-electron chi connectivity index (χ1n) is 4.38. The van der Waals surface area contributed by atoms with Crippen LogP contribution in [0.25, 0.3) is 5.69 Å². The molecule has 5 nitrogen and oxygen atoms in total. The topological polar surface area (TPSA) is 67.0 Å². The first kappa shape index (κ1) is 9.39. The van der Waals surface area contributed by atoms with Crippen molar-refractivity contribution in [2.24, 2.45) is 0 Å². The van der Waals surface area contributed by atoms with Crippen LogP contribution in [0.3, 0.4) is 0 Å². The second-order valence-corrected chi connectivity index (χ2v) is 3.15. The van der Waals surface area contributed by atoms with Crippen LogP contribution in [0.1, 0.15) is 16.1 Å². The van der Waals surface area contributed by atoms with Crippen LogP contribution in [0.2, 0.25) is 0 Å². The molecular formula is C10H9N2O3+. The normalized spacial score (nSPS) is 10.2. The molecule has 0 bridgehead atoms. The lowest BCUT2D eigenvalue weighted by molar-refractivity contribution is -0.671. The zero-order valence-corrected chi connectivity index (χ0v) is 8.06. The Kier molecular flexibility index (Phi) is 2.21. The first-order chi connectivity index (χ1) is 7.22. The van der Waals surface area contributed by atoms with E-state index in [1.165, 1.54) is 4.68 Å². The van der Waals surface area contributed by atoms with Gasteiger partial charge in [0, 0.05) is 12.1 Å². The summed E-state index contributed by atoms with van der Waals surface area (Å²) < 4.78 is 5.82. The predicted molar refractivity (Wildman–Crippen MR) is 51.0 cm³/mol. The van der Waals surface area contributed by atoms with E-state index in [9.17, 15) is 9.59 Å². The van der Waals surface area contributed by atoms with Gasteiger partial charge in [0.2, 0.25) is 12.0 Å². The number of carbonyl (C=O) groups is 1. The third-order valence-electron chi connectivity index (χ3n) is 2.08. The van der Waals surface area contributed by atoms with Crippen molar-refractivity contribution < 1.29 is 14.0 Å². The number of rotatable bonds is 2. The molecule has 1 N–H and O–H groups in total. The number of nitrogens with one attached hydrogen (secondary N) is 1. The highest BCUT2D eigenvalue weighted by Gasteiger charge is 2.21. The molecule has 0 radical (unpaired) electrons. The molecule has 2 aromatic rings. The molecule has 0 aliphatic rings. The van der Waals surface area contributed by atoms with E-state index in [4.69, 9.17) is 0 Å². The molecule has 0 unspecified atom stereocenters. The maximum absolute atomic E-state index is 11.1. The minimum Gasteiger partial charge on any atom is -0.291 e. The van der Waals surface area contributed by atoms with Crippen LogP contribution in [0, 0.1) is 6.92 Å². The standard InChI is InChI=1S/C10H8N2O3/c1-7-2-4-8(5-3-7)12-9(6-13)10(14)15-11-12/h2-6H,1H3/p+1. The van der Waals surface area contributed by atoms with Crippen molar-refractivity contribution in [2.45, 2.75) is 6.92 Å². The number of hydrogen-bond donors (Lipinski definition) is 1. The summed E-state index contributed by atoms with van der Waals surface area (Å²) in [7, 11) is 0. The Bertz CT molecular complexity index is 537. The van der Waals surface area contributed by atoms with Gasteiger partial charge in [-0.1, -0.05) is 17.7 Å². The Morgan fingerprint density at radius 2 is 2.00 bits per heavy atom. The Morgan fingerprint density at radius 3 is 2.60 bits per heavy atom. The minimum atomic E-state index is -0.675. The van der Waals surface area contributed by atoms with Crippen LogP contribution in [0.4, 0.5) is 0 Å². The van der Waals surface area contributed by atoms with Gasteiger partial charge in [0.15, 0.2) is 0 Å². The second-order valence-electron chi connectivity index (χ2n) is 3.15. The summed E-state index contributed by atoms with van der Waals surface area (Å²) in [6, 6.07) is 7.33. The van der Waals surface area contributed by atoms with Gasteiger partial charge in [-0.15, -0.1) is 0 Å². The van der Waals surface area contributed by atoms with Crippen LogP contribution in [-0.4, -0.2) is 11.6 Å². The SMILES string of the molecule is Cc1ccc(-[n+]2[nH]oc(=O)c2C=O)cc1. The molecule has 1 aromatic heterocycles. The number of H-pyrrole nitrogens is 1. The summed E-state index contributed by atoms with van der Waals surface area (Å²) in [5.41, 5.74) is 1.04. The Hall–Kier alpha value is -2.17. The Balaban J connectivity index is 2.58. The van der Waals surface area contributed by atoms with Gasteiger partial charge in [-0.3, -0.25) is 9.32 Å². The molecule has 15 heavy (non-hydrogen) atoms. The number of hydrogen-bond acceptors (Lipinski definition) is 3. The maximum atomic E-state index is 11.1. The van der Waals surface area contributed by atoms with Gasteiger partial charge in [-0.25, -0.2) is 4.79 Å². The lowest BCUT2D eigenvalue weighted by Gasteiger charge is -1.91. The van der Waals surface area contributed by atoms with Crippen LogP contribution in [0.15, 0.2) is 33.6 Å². The molecule has 0 aliphatic heterocycles. The fourth-order valence-electron chi connectivity index (χ4n) is 1.27. The molecule has 1 heterocycles. The van der Waals surface area contributed by atoms with Crippen molar-refractivity contribution in [3.8, 4) is 5.69 Å². The van der Waals surface area contributed by atoms with Gasteiger partial charge in [0.05, 0.1) is 0 Å². The summed E-state index contributed by atoms with van der Waals surface area (Å²) in [5.74, 6) is 0. The molecule has 0 saturated carbocycles. The van der Waals surface area contributed by atoms with E-state index in [2.05, 4.69) is 9.79 Å². The van der Waals surface area contributed by atoms with Crippen molar-refractivity contribution >= 4 is 6.29 Å². The molecule has 0 atom stereocenters. The molecule has 5 heteroatoms. The van der Waals surface area contributed by atoms with Gasteiger partial charge >= 0.3 is 11.3 Å². The summed E-state index contributed by atoms with van der Waals surface area (Å²) in [4.78, 5) is 21.7. The first-order valence-corrected chi connectivity index (χ1v) is 4.38. The van der Waals surface area contributed by atoms with E-state index in [0.717, 1.165) is 5.56 Å². The smallest absolute Gasteiger partial charge is 0.291 e. The van der Waals surface area contributed by atoms with Crippen molar-refractivity contribution in [3.63, 3.8) is 0 Å². The van der Waals surface area contributed by atoms with Gasteiger partial charge in [-0.05, 0) is 16.9 Å². The lowest BCUT2D eigenvalue weighted by atomic mass is 10.2. The minimum absolute atomic E-state index is 0.0566. The van der Waals surface area contributed by atoms with E-state index < -0.39 is 5.63 Å². The lowest BCUT2D eigenvalue weighted by Crippen LogP contribution is -2.38. The molecule has 0 saturated heterocycles. The van der Waals surface area contributed by atoms with Crippen LogP contribution in [0.5, 0.6) is 0 Å². The molecule has 2 rings (SSSR count). The van der Waals surface area contributed by atoms with E-state index in [1.807, 2.05) is 19.1 Å². The molecule has 1 aromatic carbocycles. The van der Waals surface area contributed by atoms with Gasteiger partial charge in [0.25, 0.3) is 0 Å². The number of nitrogens with zero attached hydrogens (tertiary/aromatic N) is 1. The largest absolute Gasteiger partial charge is 0.438 e. The highest BCUT2D eigenvalue weighted by atomic mass is 16.5. The molecule has 76 valence electrons. The van der Waals surface area contributed by atoms with Crippen molar-refractivity contribution in [1.82, 2.24) is 5.27 Å². The van der Waals surface area contributed by atoms with E-state index in [-0.39, 0.29) is 5.69 Å². The highest BCUT2D eigenvalue weighted by Crippen LogP contribution is 2.01. The zero-order chi connectivity index (χ0) is 10.8. The number of benzene rings is 1. The molecular weight excluding hydrogens is 196 g/mol. The van der Waals surface area contributed by atoms with Gasteiger partial charge in [-0.2, -0.15) is 0 Å². The third kappa shape index (κ3) is 1.59. The zero-order valence-electron chi connectivity index (χ0n) is 8.06. The molecule has 0 amide bonds. The predicted octanol–water partition coefficient (Wildman–Crippen LogP) is 0.366. The van der Waals surface area contributed by atoms with E-state index in [1.54, 1.807) is 12.1 Å². The van der Waals surface area contributed by atoms with Gasteiger partial charge < -0.3 is 0 Å². The maximum Gasteiger partial charge on any atom is 0.438 e. The number of aldehydes is 1. The van der Waals surface area contributed by atoms with Crippen LogP contribution >= 0.6 is 0 Å². The molecule has 0 aliphatic carbocycles. The number of aromatic amines is 1. The summed E-state index contributed by atoms with van der Waals surface area (Å²) in [6.45, 7) is 1.95. The van der Waals surface area contributed by atoms with Crippen LogP contribution in [-0.2, 0) is 0 Å². The number of aromatic nitrogens is 2. The van der Waals surface area contributed by atoms with Crippen molar-refractivity contribution in [3.05, 3.63) is 45.9 Å². The monoisotopic (exact) mass is 205 g/mol. The fourth-order valence-corrected chi connectivity index (χ4v) is 1.27. The number of carbonyl (C=O) groups excluding carboxylic acids is 1. The fraction of sp³-hybridized carbons (Fsp3) is 0.100. The van der Waals surface area contributed by atoms with E-state index >= 15 is 0 Å². The van der Waals surface area contributed by atoms with E-state index in [0.29, 0.717) is 12.0 Å². The number of aryl methyl sites for hydroxylation is 1. The van der Waals surface area contributed by atoms with Crippen molar-refractivity contribution in [2.75, 3.05) is 0 Å². The van der Waals surface area contributed by atoms with Crippen molar-refractivity contribution in [1.29, 1.82) is 0 Å². The average molecular weight is 205 g/mol. The molecule has 0 spiro atoms. The quantitative estimate of drug-likeness (QED) is 0.568. The summed E-state index contributed by atoms with van der Waals surface area (Å²) in [6.07, 6.45) is 0.461. The summed E-state index contributed by atoms with van der Waals surface area (Å²) in [5, 5.41) is 2.36. The van der Waals surface area contributed by atoms with Gasteiger partial charge in [0.1, 0.15) is 0 Å². The Labute approximate surface area is 84.9 Å². The third-order valence-corrected chi connectivity index (χ3v) is 2.08.